The Morgan fingerprint density at radius 3 is 2.70 bits per heavy atom. The number of benzene rings is 1. The van der Waals surface area contributed by atoms with E-state index in [1.807, 2.05) is 0 Å². The zero-order valence-electron chi connectivity index (χ0n) is 21.9. The van der Waals surface area contributed by atoms with E-state index in [2.05, 4.69) is 15.0 Å². The van der Waals surface area contributed by atoms with E-state index in [1.165, 1.54) is 11.5 Å². The highest BCUT2D eigenvalue weighted by molar-refractivity contribution is 7.54. The smallest absolute Gasteiger partial charge is 0.380 e. The molecule has 1 fully saturated rings. The number of nitrogens with zero attached hydrogens (tertiary/aromatic N) is 3. The van der Waals surface area contributed by atoms with Crippen LogP contribution in [-0.4, -0.2) is 73.2 Å². The van der Waals surface area contributed by atoms with E-state index >= 15 is 0 Å². The fourth-order valence-corrected chi connectivity index (χ4v) is 6.37. The molecular formula is C24H30ClFN5O8P. The first-order valence-corrected chi connectivity index (χ1v) is 14.5. The molecule has 218 valence electrons. The molecule has 13 nitrogen and oxygen atoms in total. The van der Waals surface area contributed by atoms with E-state index < -0.39 is 61.6 Å². The van der Waals surface area contributed by atoms with E-state index in [9.17, 15) is 23.7 Å². The van der Waals surface area contributed by atoms with Crippen molar-refractivity contribution in [3.63, 3.8) is 0 Å². The first kappa shape index (κ1) is 29.9. The quantitative estimate of drug-likeness (QED) is 0.167. The molecule has 0 saturated carbocycles. The number of ether oxygens (including phenoxy) is 2. The number of esters is 1. The SMILES string of the molecule is CC(C)OC(=O)[C@H](C)C[P@@](=O)(OC[C@H]1O[C@@H](n2cnc3c(=O)[nH]c(N)nc32)C(Cl)(CF)[C@H]1O)Oc1ccccc1. The van der Waals surface area contributed by atoms with Crippen molar-refractivity contribution in [3.05, 3.63) is 47.0 Å². The maximum atomic E-state index is 14.3. The minimum Gasteiger partial charge on any atom is -0.463 e. The number of fused-ring (bicyclic) bond motifs is 1. The van der Waals surface area contributed by atoms with Gasteiger partial charge in [0, 0.05) is 0 Å². The number of aromatic nitrogens is 4. The molecule has 1 aromatic carbocycles. The number of nitrogens with one attached hydrogen (secondary N) is 1. The van der Waals surface area contributed by atoms with Crippen LogP contribution < -0.4 is 15.8 Å². The molecule has 4 rings (SSSR count). The van der Waals surface area contributed by atoms with Crippen LogP contribution >= 0.6 is 19.2 Å². The third kappa shape index (κ3) is 6.16. The number of nitrogen functional groups attached to an aromatic ring is 1. The van der Waals surface area contributed by atoms with Crippen molar-refractivity contribution in [2.24, 2.45) is 5.92 Å². The Bertz CT molecular complexity index is 1460. The van der Waals surface area contributed by atoms with E-state index in [4.69, 9.17) is 35.9 Å². The molecule has 1 aliphatic rings. The highest BCUT2D eigenvalue weighted by atomic mass is 35.5. The summed E-state index contributed by atoms with van der Waals surface area (Å²) in [4.78, 5) is 32.9. The Morgan fingerprint density at radius 1 is 1.35 bits per heavy atom. The van der Waals surface area contributed by atoms with Crippen LogP contribution in [0.1, 0.15) is 27.0 Å². The first-order valence-electron chi connectivity index (χ1n) is 12.4. The summed E-state index contributed by atoms with van der Waals surface area (Å²) in [7, 11) is -4.08. The van der Waals surface area contributed by atoms with Gasteiger partial charge in [-0.1, -0.05) is 25.1 Å². The average Bonchev–Trinajstić information content (AvgIpc) is 3.42. The monoisotopic (exact) mass is 601 g/mol. The predicted octanol–water partition coefficient (Wildman–Crippen LogP) is 2.78. The minimum atomic E-state index is -4.08. The van der Waals surface area contributed by atoms with Crippen LogP contribution in [0.3, 0.4) is 0 Å². The van der Waals surface area contributed by atoms with Gasteiger partial charge in [-0.15, -0.1) is 11.6 Å². The standard InChI is InChI=1S/C24H30ClFN5O8P/c1-13(2)37-21(34)14(3)10-40(35,39-15-7-5-4-6-8-15)36-9-16-18(32)24(25,11-26)22(38-16)31-12-28-17-19(31)29-23(27)30-20(17)33/h4-8,12-14,16,18,22,32H,9-11H2,1-3H3,(H3,27,29,30,33)/t14-,16-,18+,22-,24?,40-/m1/s1. The Kier molecular flexibility index (Phi) is 8.86. The molecule has 3 heterocycles. The Hall–Kier alpha value is -3.03. The highest BCUT2D eigenvalue weighted by Crippen LogP contribution is 2.52. The molecule has 1 unspecified atom stereocenters. The lowest BCUT2D eigenvalue weighted by atomic mass is 10.0. The summed E-state index contributed by atoms with van der Waals surface area (Å²) in [5, 5.41) is 11.0. The van der Waals surface area contributed by atoms with Crippen LogP contribution in [-0.2, 0) is 23.4 Å². The summed E-state index contributed by atoms with van der Waals surface area (Å²) in [6, 6.07) is 8.17. The van der Waals surface area contributed by atoms with Gasteiger partial charge in [-0.05, 0) is 26.0 Å². The molecule has 0 spiro atoms. The van der Waals surface area contributed by atoms with Crippen LogP contribution in [0.5, 0.6) is 5.75 Å². The lowest BCUT2D eigenvalue weighted by molar-refractivity contribution is -0.151. The number of imidazole rings is 1. The molecule has 0 aliphatic carbocycles. The highest BCUT2D eigenvalue weighted by Gasteiger charge is 2.57. The van der Waals surface area contributed by atoms with Crippen molar-refractivity contribution in [2.45, 2.75) is 50.2 Å². The van der Waals surface area contributed by atoms with Crippen molar-refractivity contribution in [3.8, 4) is 5.75 Å². The van der Waals surface area contributed by atoms with E-state index in [-0.39, 0.29) is 35.1 Å². The fourth-order valence-electron chi connectivity index (χ4n) is 4.20. The second kappa shape index (κ2) is 11.8. The minimum absolute atomic E-state index is 0.0472. The molecule has 0 bridgehead atoms. The fraction of sp³-hybridized carbons (Fsp3) is 0.500. The second-order valence-electron chi connectivity index (χ2n) is 9.69. The summed E-state index contributed by atoms with van der Waals surface area (Å²) in [6.45, 7) is 3.08. The van der Waals surface area contributed by atoms with Gasteiger partial charge >= 0.3 is 13.6 Å². The lowest BCUT2D eigenvalue weighted by Crippen LogP contribution is -2.44. The zero-order chi connectivity index (χ0) is 29.2. The number of aliphatic hydroxyl groups is 1. The van der Waals surface area contributed by atoms with E-state index in [0.717, 1.165) is 6.33 Å². The largest absolute Gasteiger partial charge is 0.463 e. The topological polar surface area (TPSA) is 181 Å². The van der Waals surface area contributed by atoms with Crippen molar-refractivity contribution < 1.29 is 37.4 Å². The molecule has 0 amide bonds. The van der Waals surface area contributed by atoms with Gasteiger partial charge in [0.15, 0.2) is 17.4 Å². The third-order valence-corrected chi connectivity index (χ3v) is 8.68. The van der Waals surface area contributed by atoms with Crippen LogP contribution in [0.25, 0.3) is 11.2 Å². The average molecular weight is 602 g/mol. The molecule has 2 aromatic heterocycles. The van der Waals surface area contributed by atoms with Gasteiger partial charge in [0.25, 0.3) is 5.56 Å². The zero-order valence-corrected chi connectivity index (χ0v) is 23.5. The number of para-hydroxylation sites is 1. The summed E-state index contributed by atoms with van der Waals surface area (Å²) in [5.41, 5.74) is 4.86. The number of nitrogens with two attached hydrogens (primary N) is 1. The number of anilines is 1. The number of halogens is 2. The van der Waals surface area contributed by atoms with Gasteiger partial charge in [0.1, 0.15) is 29.5 Å². The van der Waals surface area contributed by atoms with Gasteiger partial charge in [-0.25, -0.2) is 13.9 Å². The van der Waals surface area contributed by atoms with Crippen molar-refractivity contribution >= 4 is 42.3 Å². The van der Waals surface area contributed by atoms with Crippen LogP contribution in [0.15, 0.2) is 41.5 Å². The van der Waals surface area contributed by atoms with Crippen molar-refractivity contribution in [2.75, 3.05) is 25.2 Å². The van der Waals surface area contributed by atoms with Gasteiger partial charge < -0.3 is 24.8 Å². The molecule has 0 radical (unpaired) electrons. The molecule has 16 heteroatoms. The number of carbonyl (C=O) groups excluding carboxylic acids is 1. The van der Waals surface area contributed by atoms with Gasteiger partial charge in [0.05, 0.1) is 31.1 Å². The third-order valence-electron chi connectivity index (χ3n) is 6.14. The van der Waals surface area contributed by atoms with Gasteiger partial charge in [-0.3, -0.25) is 23.7 Å². The van der Waals surface area contributed by atoms with Gasteiger partial charge in [0.2, 0.25) is 5.95 Å². The summed E-state index contributed by atoms with van der Waals surface area (Å²) in [5.74, 6) is -1.47. The van der Waals surface area contributed by atoms with Crippen LogP contribution in [0.2, 0.25) is 0 Å². The molecule has 1 saturated heterocycles. The molecule has 40 heavy (non-hydrogen) atoms. The normalized spacial score (nSPS) is 25.1. The molecule has 3 aromatic rings. The Morgan fingerprint density at radius 2 is 2.05 bits per heavy atom. The summed E-state index contributed by atoms with van der Waals surface area (Å²) in [6.07, 6.45) is -3.97. The number of hydrogen-bond acceptors (Lipinski definition) is 11. The number of hydrogen-bond donors (Lipinski definition) is 3. The number of alkyl halides is 2. The number of aromatic amines is 1. The number of rotatable bonds is 11. The van der Waals surface area contributed by atoms with E-state index in [0.29, 0.717) is 0 Å². The van der Waals surface area contributed by atoms with Crippen LogP contribution in [0, 0.1) is 5.92 Å². The Balaban J connectivity index is 1.58. The molecule has 1 aliphatic heterocycles. The summed E-state index contributed by atoms with van der Waals surface area (Å²) >= 11 is 6.53. The van der Waals surface area contributed by atoms with Crippen molar-refractivity contribution in [1.29, 1.82) is 0 Å². The van der Waals surface area contributed by atoms with Gasteiger partial charge in [-0.2, -0.15) is 4.98 Å². The maximum absolute atomic E-state index is 14.3. The molecular weight excluding hydrogens is 572 g/mol. The number of H-pyrrole nitrogens is 1. The lowest BCUT2D eigenvalue weighted by Gasteiger charge is -2.27. The summed E-state index contributed by atoms with van der Waals surface area (Å²) < 4.78 is 51.9. The Labute approximate surface area is 233 Å². The molecule has 6 atom stereocenters. The van der Waals surface area contributed by atoms with E-state index in [1.54, 1.807) is 44.2 Å². The molecule has 4 N–H and O–H groups in total. The second-order valence-corrected chi connectivity index (χ2v) is 12.4. The maximum Gasteiger partial charge on any atom is 0.380 e. The number of carbonyl (C=O) groups is 1. The predicted molar refractivity (Wildman–Crippen MR) is 143 cm³/mol. The first-order chi connectivity index (χ1) is 18.9. The van der Waals surface area contributed by atoms with Crippen LogP contribution in [0.4, 0.5) is 10.3 Å². The van der Waals surface area contributed by atoms with Crippen molar-refractivity contribution in [1.82, 2.24) is 19.5 Å². The number of aliphatic hydroxyl groups excluding tert-OH is 1.